The largest absolute Gasteiger partial charge is 0.497 e. The Morgan fingerprint density at radius 1 is 1.36 bits per heavy atom. The van der Waals surface area contributed by atoms with E-state index < -0.39 is 24.3 Å². The molecule has 22 heavy (non-hydrogen) atoms. The molecule has 1 N–H and O–H groups in total. The Balaban J connectivity index is 2.38. The third-order valence-corrected chi connectivity index (χ3v) is 3.66. The topological polar surface area (TPSA) is 100 Å². The van der Waals surface area contributed by atoms with Crippen LogP contribution in [0, 0.1) is 22.7 Å². The number of nitrogens with zero attached hydrogens (tertiary/aromatic N) is 1. The number of rotatable bonds is 8. The fourth-order valence-corrected chi connectivity index (χ4v) is 2.20. The first kappa shape index (κ1) is 17.7. The van der Waals surface area contributed by atoms with Gasteiger partial charge in [0.25, 0.3) is 0 Å². The molecule has 0 aliphatic heterocycles. The van der Waals surface area contributed by atoms with Crippen LogP contribution in [0.4, 0.5) is 0 Å². The van der Waals surface area contributed by atoms with Crippen molar-refractivity contribution in [2.45, 2.75) is 11.8 Å². The van der Waals surface area contributed by atoms with Crippen LogP contribution in [-0.2, 0) is 14.3 Å². The van der Waals surface area contributed by atoms with Crippen LogP contribution in [0.3, 0.4) is 0 Å². The molecule has 0 aromatic heterocycles. The quantitative estimate of drug-likeness (QED) is 0.447. The Hall–Kier alpha value is -2.33. The minimum atomic E-state index is -1.15. The number of hydrogen-bond acceptors (Lipinski definition) is 7. The van der Waals surface area contributed by atoms with Crippen LogP contribution in [0.25, 0.3) is 0 Å². The van der Waals surface area contributed by atoms with Gasteiger partial charge in [0.15, 0.2) is 12.4 Å². The van der Waals surface area contributed by atoms with E-state index in [0.29, 0.717) is 0 Å². The number of hydrogen-bond donors (Lipinski definition) is 1. The molecule has 1 rings (SSSR count). The number of esters is 1. The summed E-state index contributed by atoms with van der Waals surface area (Å²) in [4.78, 5) is 24.0. The molecule has 7 heteroatoms. The first-order chi connectivity index (χ1) is 10.5. The molecule has 116 valence electrons. The van der Waals surface area contributed by atoms with Gasteiger partial charge in [-0.05, 0) is 31.2 Å². The average Bonchev–Trinajstić information content (AvgIpc) is 2.51. The molecule has 6 nitrogen and oxygen atoms in total. The molecule has 0 saturated carbocycles. The summed E-state index contributed by atoms with van der Waals surface area (Å²) in [5.41, 5.74) is -0.0591. The van der Waals surface area contributed by atoms with Crippen molar-refractivity contribution < 1.29 is 19.1 Å². The van der Waals surface area contributed by atoms with E-state index in [1.807, 2.05) is 12.1 Å². The fraction of sp³-hybridized carbons (Fsp3) is 0.333. The summed E-state index contributed by atoms with van der Waals surface area (Å²) in [6.45, 7) is 0.879. The average molecular weight is 320 g/mol. The summed E-state index contributed by atoms with van der Waals surface area (Å²) in [5.74, 6) is -1.50. The third kappa shape index (κ3) is 5.58. The van der Waals surface area contributed by atoms with Gasteiger partial charge in [-0.25, -0.2) is 0 Å². The molecule has 0 spiro atoms. The minimum absolute atomic E-state index is 0.0560. The predicted octanol–water partition coefficient (Wildman–Crippen LogP) is 2.08. The van der Waals surface area contributed by atoms with Crippen LogP contribution in [0.1, 0.15) is 6.92 Å². The molecule has 1 unspecified atom stereocenters. The van der Waals surface area contributed by atoms with Crippen molar-refractivity contribution in [3.05, 3.63) is 24.3 Å². The number of ether oxygens (including phenoxy) is 2. The van der Waals surface area contributed by atoms with E-state index in [4.69, 9.17) is 20.1 Å². The van der Waals surface area contributed by atoms with E-state index in [1.54, 1.807) is 25.3 Å². The number of benzene rings is 1. The van der Waals surface area contributed by atoms with Gasteiger partial charge in [-0.3, -0.25) is 9.59 Å². The number of Topliss-reactive ketones (excluding diaryl/α,β-unsaturated/α-hetero) is 1. The second kappa shape index (κ2) is 8.85. The number of carbonyl (C=O) groups excluding carboxylic acids is 2. The molecule has 1 atom stereocenters. The maximum atomic E-state index is 11.6. The Kier molecular flexibility index (Phi) is 7.13. The SMILES string of the molecule is COc1ccc(SCC(=O)OCC(=O)C(C#N)C(C)=N)cc1. The monoisotopic (exact) mass is 320 g/mol. The van der Waals surface area contributed by atoms with Gasteiger partial charge >= 0.3 is 5.97 Å². The summed E-state index contributed by atoms with van der Waals surface area (Å²) < 4.78 is 9.85. The molecule has 0 fully saturated rings. The second-order valence-electron chi connectivity index (χ2n) is 4.34. The van der Waals surface area contributed by atoms with E-state index in [0.717, 1.165) is 10.6 Å². The Morgan fingerprint density at radius 3 is 2.50 bits per heavy atom. The van der Waals surface area contributed by atoms with Gasteiger partial charge in [0.2, 0.25) is 0 Å². The van der Waals surface area contributed by atoms with Crippen molar-refractivity contribution in [1.29, 1.82) is 10.7 Å². The molecular weight excluding hydrogens is 304 g/mol. The van der Waals surface area contributed by atoms with Gasteiger partial charge in [-0.15, -0.1) is 11.8 Å². The van der Waals surface area contributed by atoms with Gasteiger partial charge in [-0.1, -0.05) is 0 Å². The molecule has 1 aromatic carbocycles. The molecule has 0 radical (unpaired) electrons. The molecular formula is C15H16N2O4S. The summed E-state index contributed by atoms with van der Waals surface area (Å²) in [7, 11) is 1.57. The third-order valence-electron chi connectivity index (χ3n) is 2.68. The summed E-state index contributed by atoms with van der Waals surface area (Å²) in [5, 5.41) is 16.1. The predicted molar refractivity (Wildman–Crippen MR) is 82.2 cm³/mol. The van der Waals surface area contributed by atoms with E-state index in [1.165, 1.54) is 18.7 Å². The number of nitriles is 1. The first-order valence-corrected chi connectivity index (χ1v) is 7.36. The van der Waals surface area contributed by atoms with Crippen LogP contribution in [-0.4, -0.2) is 36.9 Å². The van der Waals surface area contributed by atoms with Crippen LogP contribution < -0.4 is 4.74 Å². The smallest absolute Gasteiger partial charge is 0.316 e. The van der Waals surface area contributed by atoms with Crippen molar-refractivity contribution >= 4 is 29.2 Å². The lowest BCUT2D eigenvalue weighted by molar-refractivity contribution is -0.145. The molecule has 0 aliphatic carbocycles. The molecule has 1 aromatic rings. The zero-order chi connectivity index (χ0) is 16.5. The number of methoxy groups -OCH3 is 1. The summed E-state index contributed by atoms with van der Waals surface area (Å²) in [6.07, 6.45) is 0. The zero-order valence-electron chi connectivity index (χ0n) is 12.3. The van der Waals surface area contributed by atoms with Crippen LogP contribution >= 0.6 is 11.8 Å². The number of thioether (sulfide) groups is 1. The second-order valence-corrected chi connectivity index (χ2v) is 5.39. The van der Waals surface area contributed by atoms with E-state index in [9.17, 15) is 9.59 Å². The van der Waals surface area contributed by atoms with Gasteiger partial charge in [0.05, 0.1) is 18.9 Å². The van der Waals surface area contributed by atoms with Gasteiger partial charge in [0, 0.05) is 10.6 Å². The van der Waals surface area contributed by atoms with Crippen molar-refractivity contribution in [2.75, 3.05) is 19.5 Å². The zero-order valence-corrected chi connectivity index (χ0v) is 13.1. The van der Waals surface area contributed by atoms with Gasteiger partial charge in [-0.2, -0.15) is 5.26 Å². The van der Waals surface area contributed by atoms with Crippen molar-refractivity contribution in [3.8, 4) is 11.8 Å². The number of ketones is 1. The highest BCUT2D eigenvalue weighted by Gasteiger charge is 2.21. The van der Waals surface area contributed by atoms with E-state index >= 15 is 0 Å². The fourth-order valence-electron chi connectivity index (χ4n) is 1.50. The summed E-state index contributed by atoms with van der Waals surface area (Å²) >= 11 is 1.27. The first-order valence-electron chi connectivity index (χ1n) is 6.37. The highest BCUT2D eigenvalue weighted by atomic mass is 32.2. The highest BCUT2D eigenvalue weighted by Crippen LogP contribution is 2.21. The van der Waals surface area contributed by atoms with Gasteiger partial charge in [0.1, 0.15) is 11.7 Å². The lowest BCUT2D eigenvalue weighted by Crippen LogP contribution is -2.26. The van der Waals surface area contributed by atoms with E-state index in [-0.39, 0.29) is 11.5 Å². The van der Waals surface area contributed by atoms with Crippen molar-refractivity contribution in [3.63, 3.8) is 0 Å². The van der Waals surface area contributed by atoms with Crippen molar-refractivity contribution in [1.82, 2.24) is 0 Å². The van der Waals surface area contributed by atoms with E-state index in [2.05, 4.69) is 0 Å². The molecule has 0 bridgehead atoms. The van der Waals surface area contributed by atoms with Gasteiger partial charge < -0.3 is 14.9 Å². The van der Waals surface area contributed by atoms with Crippen molar-refractivity contribution in [2.24, 2.45) is 5.92 Å². The Bertz CT molecular complexity index is 593. The molecule has 0 aliphatic rings. The summed E-state index contributed by atoms with van der Waals surface area (Å²) in [6, 6.07) is 8.89. The maximum absolute atomic E-state index is 11.6. The lowest BCUT2D eigenvalue weighted by Gasteiger charge is -2.07. The van der Waals surface area contributed by atoms with Crippen LogP contribution in [0.2, 0.25) is 0 Å². The van der Waals surface area contributed by atoms with Crippen LogP contribution in [0.15, 0.2) is 29.2 Å². The maximum Gasteiger partial charge on any atom is 0.316 e. The minimum Gasteiger partial charge on any atom is -0.497 e. The standard InChI is InChI=1S/C15H16N2O4S/c1-10(17)13(7-16)14(18)8-21-15(19)9-22-12-5-3-11(20-2)4-6-12/h3-6,13,17H,8-9H2,1-2H3. The molecule has 0 amide bonds. The molecule has 0 saturated heterocycles. The number of nitrogens with one attached hydrogen (secondary N) is 1. The van der Waals surface area contributed by atoms with Crippen LogP contribution in [0.5, 0.6) is 5.75 Å². The normalized spacial score (nSPS) is 11.1. The lowest BCUT2D eigenvalue weighted by atomic mass is 10.0. The highest BCUT2D eigenvalue weighted by molar-refractivity contribution is 8.00. The Labute approximate surface area is 132 Å². The Morgan fingerprint density at radius 2 is 2.00 bits per heavy atom. The number of carbonyl (C=O) groups is 2. The molecule has 0 heterocycles.